The van der Waals surface area contributed by atoms with Crippen molar-refractivity contribution in [3.8, 4) is 0 Å². The lowest BCUT2D eigenvalue weighted by Crippen LogP contribution is -2.26. The summed E-state index contributed by atoms with van der Waals surface area (Å²) in [4.78, 5) is 20.0. The van der Waals surface area contributed by atoms with Crippen LogP contribution in [0.2, 0.25) is 5.02 Å². The van der Waals surface area contributed by atoms with Crippen LogP contribution in [0.4, 0.5) is 0 Å². The van der Waals surface area contributed by atoms with Crippen molar-refractivity contribution in [1.82, 2.24) is 19.5 Å². The number of rotatable bonds is 8. The molecule has 2 heterocycles. The Kier molecular flexibility index (Phi) is 6.40. The Balaban J connectivity index is 1.81. The number of halogens is 1. The highest BCUT2D eigenvalue weighted by Gasteiger charge is 2.12. The van der Waals surface area contributed by atoms with Gasteiger partial charge in [-0.3, -0.25) is 9.69 Å². The first kappa shape index (κ1) is 19.0. The van der Waals surface area contributed by atoms with Gasteiger partial charge in [-0.2, -0.15) is 9.61 Å². The van der Waals surface area contributed by atoms with Crippen LogP contribution in [-0.2, 0) is 19.5 Å². The van der Waals surface area contributed by atoms with E-state index in [1.54, 1.807) is 6.07 Å². The highest BCUT2D eigenvalue weighted by molar-refractivity contribution is 7.16. The summed E-state index contributed by atoms with van der Waals surface area (Å²) in [5.74, 6) is 0. The fraction of sp³-hybridized carbons (Fsp3) is 0.421. The Morgan fingerprint density at radius 2 is 1.92 bits per heavy atom. The maximum atomic E-state index is 12.4. The van der Waals surface area contributed by atoms with Gasteiger partial charge in [-0.05, 0) is 37.1 Å². The molecule has 0 aliphatic heterocycles. The van der Waals surface area contributed by atoms with E-state index in [9.17, 15) is 4.79 Å². The molecule has 0 atom stereocenters. The Morgan fingerprint density at radius 3 is 2.62 bits per heavy atom. The predicted octanol–water partition coefficient (Wildman–Crippen LogP) is 4.17. The maximum absolute atomic E-state index is 12.4. The Morgan fingerprint density at radius 1 is 1.15 bits per heavy atom. The minimum Gasteiger partial charge on any atom is -0.293 e. The molecule has 3 aromatic rings. The molecule has 26 heavy (non-hydrogen) atoms. The fourth-order valence-electron chi connectivity index (χ4n) is 2.90. The van der Waals surface area contributed by atoms with Crippen LogP contribution in [0, 0.1) is 0 Å². The molecule has 7 heteroatoms. The highest BCUT2D eigenvalue weighted by atomic mass is 35.5. The second kappa shape index (κ2) is 8.75. The summed E-state index contributed by atoms with van der Waals surface area (Å²) in [6.07, 6.45) is 2.92. The van der Waals surface area contributed by atoms with Gasteiger partial charge in [-0.1, -0.05) is 48.9 Å². The zero-order chi connectivity index (χ0) is 18.5. The number of fused-ring (bicyclic) bond motifs is 1. The topological polar surface area (TPSA) is 50.5 Å². The van der Waals surface area contributed by atoms with E-state index in [0.717, 1.165) is 48.1 Å². The SMILES string of the molecule is CCCc1nn2c(=O)cc(CN(CCC)Cc3ccc(Cl)cc3)nc2s1. The van der Waals surface area contributed by atoms with E-state index in [0.29, 0.717) is 11.5 Å². The first-order valence-electron chi connectivity index (χ1n) is 8.94. The minimum absolute atomic E-state index is 0.105. The standard InChI is InChI=1S/C19H23ClN4OS/c1-3-5-17-22-24-18(25)11-16(21-19(24)26-17)13-23(10-4-2)12-14-6-8-15(20)9-7-14/h6-9,11H,3-5,10,12-13H2,1-2H3. The summed E-state index contributed by atoms with van der Waals surface area (Å²) in [5, 5.41) is 6.07. The number of aryl methyl sites for hydroxylation is 1. The lowest BCUT2D eigenvalue weighted by atomic mass is 10.2. The number of nitrogens with zero attached hydrogens (tertiary/aromatic N) is 4. The van der Waals surface area contributed by atoms with Crippen molar-refractivity contribution in [2.75, 3.05) is 6.54 Å². The molecule has 0 amide bonds. The molecule has 5 nitrogen and oxygen atoms in total. The zero-order valence-electron chi connectivity index (χ0n) is 15.1. The largest absolute Gasteiger partial charge is 0.293 e. The molecule has 1 aromatic carbocycles. The molecule has 0 N–H and O–H groups in total. The quantitative estimate of drug-likeness (QED) is 0.579. The van der Waals surface area contributed by atoms with Gasteiger partial charge in [-0.25, -0.2) is 4.98 Å². The average Bonchev–Trinajstić information content (AvgIpc) is 3.01. The van der Waals surface area contributed by atoms with Crippen LogP contribution in [0.15, 0.2) is 35.1 Å². The van der Waals surface area contributed by atoms with Gasteiger partial charge in [0.15, 0.2) is 0 Å². The molecule has 2 aromatic heterocycles. The predicted molar refractivity (Wildman–Crippen MR) is 107 cm³/mol. The Hall–Kier alpha value is -1.76. The number of hydrogen-bond donors (Lipinski definition) is 0. The third-order valence-corrected chi connectivity index (χ3v) is 5.27. The van der Waals surface area contributed by atoms with Crippen molar-refractivity contribution in [3.05, 3.63) is 62.0 Å². The van der Waals surface area contributed by atoms with Crippen molar-refractivity contribution in [2.45, 2.75) is 46.2 Å². The zero-order valence-corrected chi connectivity index (χ0v) is 16.7. The van der Waals surface area contributed by atoms with Crippen molar-refractivity contribution in [3.63, 3.8) is 0 Å². The Bertz CT molecular complexity index is 919. The van der Waals surface area contributed by atoms with Gasteiger partial charge < -0.3 is 0 Å². The van der Waals surface area contributed by atoms with Crippen LogP contribution < -0.4 is 5.56 Å². The van der Waals surface area contributed by atoms with Gasteiger partial charge in [0.1, 0.15) is 5.01 Å². The van der Waals surface area contributed by atoms with Crippen molar-refractivity contribution in [1.29, 1.82) is 0 Å². The summed E-state index contributed by atoms with van der Waals surface area (Å²) >= 11 is 7.47. The number of benzene rings is 1. The van der Waals surface area contributed by atoms with Gasteiger partial charge in [0, 0.05) is 30.6 Å². The van der Waals surface area contributed by atoms with Gasteiger partial charge in [-0.15, -0.1) is 0 Å². The van der Waals surface area contributed by atoms with E-state index in [4.69, 9.17) is 11.6 Å². The average molecular weight is 391 g/mol. The first-order valence-corrected chi connectivity index (χ1v) is 10.1. The van der Waals surface area contributed by atoms with E-state index < -0.39 is 0 Å². The monoisotopic (exact) mass is 390 g/mol. The third-order valence-electron chi connectivity index (χ3n) is 4.05. The molecule has 3 rings (SSSR count). The molecule has 0 saturated heterocycles. The van der Waals surface area contributed by atoms with E-state index in [-0.39, 0.29) is 5.56 Å². The fourth-order valence-corrected chi connectivity index (χ4v) is 4.04. The molecule has 0 fully saturated rings. The number of hydrogen-bond acceptors (Lipinski definition) is 5. The lowest BCUT2D eigenvalue weighted by molar-refractivity contribution is 0.254. The molecule has 0 radical (unpaired) electrons. The lowest BCUT2D eigenvalue weighted by Gasteiger charge is -2.21. The summed E-state index contributed by atoms with van der Waals surface area (Å²) < 4.78 is 1.42. The van der Waals surface area contributed by atoms with E-state index in [2.05, 4.69) is 28.8 Å². The second-order valence-corrected chi connectivity index (χ2v) is 7.84. The van der Waals surface area contributed by atoms with E-state index in [1.807, 2.05) is 24.3 Å². The summed E-state index contributed by atoms with van der Waals surface area (Å²) in [6.45, 7) is 6.64. The Labute approximate surface area is 162 Å². The van der Waals surface area contributed by atoms with Gasteiger partial charge in [0.05, 0.1) is 5.69 Å². The molecular formula is C19H23ClN4OS. The summed E-state index contributed by atoms with van der Waals surface area (Å²) in [7, 11) is 0. The first-order chi connectivity index (χ1) is 12.6. The van der Waals surface area contributed by atoms with Gasteiger partial charge in [0.25, 0.3) is 5.56 Å². The van der Waals surface area contributed by atoms with Gasteiger partial charge in [0.2, 0.25) is 4.96 Å². The van der Waals surface area contributed by atoms with Crippen LogP contribution >= 0.6 is 22.9 Å². The van der Waals surface area contributed by atoms with Crippen LogP contribution in [0.5, 0.6) is 0 Å². The highest BCUT2D eigenvalue weighted by Crippen LogP contribution is 2.16. The molecule has 138 valence electrons. The molecule has 0 aliphatic carbocycles. The number of aromatic nitrogens is 3. The molecule has 0 aliphatic rings. The van der Waals surface area contributed by atoms with E-state index >= 15 is 0 Å². The van der Waals surface area contributed by atoms with Gasteiger partial charge >= 0.3 is 0 Å². The van der Waals surface area contributed by atoms with E-state index in [1.165, 1.54) is 21.4 Å². The second-order valence-electron chi connectivity index (χ2n) is 6.36. The molecule has 0 spiro atoms. The molecule has 0 unspecified atom stereocenters. The molecular weight excluding hydrogens is 368 g/mol. The smallest absolute Gasteiger partial charge is 0.275 e. The third kappa shape index (κ3) is 4.69. The molecule has 0 bridgehead atoms. The summed E-state index contributed by atoms with van der Waals surface area (Å²) in [5.41, 5.74) is 1.89. The normalized spacial score (nSPS) is 11.5. The van der Waals surface area contributed by atoms with Crippen LogP contribution in [0.3, 0.4) is 0 Å². The maximum Gasteiger partial charge on any atom is 0.275 e. The minimum atomic E-state index is -0.105. The van der Waals surface area contributed by atoms with Crippen molar-refractivity contribution < 1.29 is 0 Å². The summed E-state index contributed by atoms with van der Waals surface area (Å²) in [6, 6.07) is 9.50. The van der Waals surface area contributed by atoms with Crippen LogP contribution in [0.25, 0.3) is 4.96 Å². The van der Waals surface area contributed by atoms with Crippen molar-refractivity contribution >= 4 is 27.9 Å². The van der Waals surface area contributed by atoms with Crippen molar-refractivity contribution in [2.24, 2.45) is 0 Å². The van der Waals surface area contributed by atoms with Crippen LogP contribution in [0.1, 0.15) is 43.0 Å². The molecule has 0 saturated carbocycles. The van der Waals surface area contributed by atoms with Crippen LogP contribution in [-0.4, -0.2) is 26.0 Å².